The Kier molecular flexibility index (Phi) is 9.20. The first-order chi connectivity index (χ1) is 18.2. The van der Waals surface area contributed by atoms with Crippen LogP contribution in [0, 0.1) is 11.8 Å². The number of pyridine rings is 1. The fourth-order valence-electron chi connectivity index (χ4n) is 5.78. The highest BCUT2D eigenvalue weighted by Crippen LogP contribution is 2.34. The van der Waals surface area contributed by atoms with Crippen molar-refractivity contribution >= 4 is 23.8 Å². The molecule has 3 amide bonds. The van der Waals surface area contributed by atoms with Gasteiger partial charge in [-0.15, -0.1) is 0 Å². The largest absolute Gasteiger partial charge is 0.334 e. The van der Waals surface area contributed by atoms with Crippen molar-refractivity contribution in [2.75, 3.05) is 26.7 Å². The Bertz CT molecular complexity index is 1010. The lowest BCUT2D eigenvalue weighted by Gasteiger charge is -2.54. The van der Waals surface area contributed by atoms with Crippen molar-refractivity contribution in [3.63, 3.8) is 0 Å². The van der Waals surface area contributed by atoms with Crippen molar-refractivity contribution in [2.24, 2.45) is 11.8 Å². The fraction of sp³-hybridized carbons (Fsp3) is 0.655. The molecule has 0 saturated carbocycles. The van der Waals surface area contributed by atoms with Crippen LogP contribution in [0.15, 0.2) is 30.5 Å². The minimum absolute atomic E-state index is 0.000485. The molecule has 3 aliphatic heterocycles. The third-order valence-corrected chi connectivity index (χ3v) is 7.67. The van der Waals surface area contributed by atoms with Crippen molar-refractivity contribution in [3.05, 3.63) is 36.2 Å². The zero-order valence-corrected chi connectivity index (χ0v) is 23.5. The molecule has 0 spiro atoms. The van der Waals surface area contributed by atoms with Crippen LogP contribution in [0.1, 0.15) is 65.5 Å². The molecule has 9 heteroatoms. The number of nitrogens with zero attached hydrogens (tertiary/aromatic N) is 5. The van der Waals surface area contributed by atoms with E-state index in [0.717, 1.165) is 32.4 Å². The maximum Gasteiger partial charge on any atom is 0.272 e. The molecule has 0 aromatic carbocycles. The molecule has 0 aliphatic carbocycles. The Morgan fingerprint density at radius 2 is 1.84 bits per heavy atom. The summed E-state index contributed by atoms with van der Waals surface area (Å²) in [5.74, 6) is -0.160. The summed E-state index contributed by atoms with van der Waals surface area (Å²) in [6.45, 7) is 10.4. The number of likely N-dealkylation sites (tertiary alicyclic amines) is 1. The highest BCUT2D eigenvalue weighted by molar-refractivity contribution is 5.95. The topological polar surface area (TPSA) is 86.3 Å². The zero-order chi connectivity index (χ0) is 27.4. The number of fused-ring (bicyclic) bond motifs is 1. The van der Waals surface area contributed by atoms with Crippen LogP contribution in [0.5, 0.6) is 0 Å². The first kappa shape index (κ1) is 28.2. The molecule has 3 aliphatic rings. The highest BCUT2D eigenvalue weighted by atomic mass is 16.7. The van der Waals surface area contributed by atoms with Gasteiger partial charge in [-0.2, -0.15) is 5.06 Å². The number of aromatic nitrogens is 1. The number of rotatable bonds is 7. The van der Waals surface area contributed by atoms with Crippen LogP contribution in [-0.2, 0) is 19.2 Å². The summed E-state index contributed by atoms with van der Waals surface area (Å²) in [7, 11) is 2.11. The molecule has 4 rings (SSSR count). The van der Waals surface area contributed by atoms with Crippen LogP contribution in [-0.4, -0.2) is 93.5 Å². The van der Waals surface area contributed by atoms with E-state index in [4.69, 9.17) is 4.84 Å². The number of hydrogen-bond donors (Lipinski definition) is 0. The first-order valence-electron chi connectivity index (χ1n) is 14.1. The van der Waals surface area contributed by atoms with Gasteiger partial charge in [-0.1, -0.05) is 33.8 Å². The van der Waals surface area contributed by atoms with E-state index in [2.05, 4.69) is 30.8 Å². The number of amides is 3. The molecule has 0 N–H and O–H groups in total. The second kappa shape index (κ2) is 12.4. The third kappa shape index (κ3) is 6.43. The molecule has 208 valence electrons. The number of carbonyl (C=O) groups excluding carboxylic acids is 3. The van der Waals surface area contributed by atoms with Gasteiger partial charge in [0.15, 0.2) is 12.3 Å². The van der Waals surface area contributed by atoms with Crippen molar-refractivity contribution in [2.45, 2.75) is 84.2 Å². The molecule has 1 aromatic heterocycles. The predicted octanol–water partition coefficient (Wildman–Crippen LogP) is 3.18. The van der Waals surface area contributed by atoms with Crippen LogP contribution in [0.3, 0.4) is 0 Å². The molecule has 3 fully saturated rings. The van der Waals surface area contributed by atoms with E-state index in [1.807, 2.05) is 36.9 Å². The van der Waals surface area contributed by atoms with Gasteiger partial charge in [0.25, 0.3) is 11.8 Å². The Labute approximate surface area is 226 Å². The van der Waals surface area contributed by atoms with Crippen LogP contribution in [0.25, 0.3) is 6.08 Å². The standard InChI is InChI=1S/C29H43N5O4/c1-20(2)17-24-28(36)32(23-10-8-15-31(5)16-13-23)19-26-33(24)29(37)25(18-21(3)4)38-34(26)27(35)12-11-22-9-6-7-14-30-22/h6-7,9,11-12,14,20-21,23-26H,8,10,13,15-19H2,1-5H3/b12-11+/t23?,24-,25+,26-/m0/s1. The van der Waals surface area contributed by atoms with Crippen LogP contribution >= 0.6 is 0 Å². The summed E-state index contributed by atoms with van der Waals surface area (Å²) < 4.78 is 0. The number of carbonyl (C=O) groups is 3. The molecule has 38 heavy (non-hydrogen) atoms. The third-order valence-electron chi connectivity index (χ3n) is 7.67. The quantitative estimate of drug-likeness (QED) is 0.509. The van der Waals surface area contributed by atoms with Gasteiger partial charge in [-0.05, 0) is 82.3 Å². The maximum absolute atomic E-state index is 14.0. The van der Waals surface area contributed by atoms with Gasteiger partial charge in [-0.3, -0.25) is 24.2 Å². The van der Waals surface area contributed by atoms with E-state index in [0.29, 0.717) is 18.5 Å². The SMILES string of the molecule is CC(C)C[C@H]1ON(C(=O)/C=C/c2ccccn2)[C@H]2CN(C3CCCN(C)CC3)C(=O)[C@H](CC(C)C)N2C1=O. The second-order valence-corrected chi connectivity index (χ2v) is 11.7. The number of hydroxylamine groups is 2. The average molecular weight is 526 g/mol. The summed E-state index contributed by atoms with van der Waals surface area (Å²) in [6, 6.07) is 4.96. The minimum atomic E-state index is -0.806. The van der Waals surface area contributed by atoms with Crippen molar-refractivity contribution < 1.29 is 19.2 Å². The van der Waals surface area contributed by atoms with Gasteiger partial charge in [-0.25, -0.2) is 0 Å². The molecular weight excluding hydrogens is 482 g/mol. The Hall–Kier alpha value is -2.78. The van der Waals surface area contributed by atoms with E-state index in [9.17, 15) is 14.4 Å². The number of piperazine rings is 1. The Balaban J connectivity index is 1.69. The van der Waals surface area contributed by atoms with Gasteiger partial charge < -0.3 is 14.7 Å². The van der Waals surface area contributed by atoms with Crippen LogP contribution in [0.4, 0.5) is 0 Å². The molecule has 1 aromatic rings. The lowest BCUT2D eigenvalue weighted by molar-refractivity contribution is -0.275. The van der Waals surface area contributed by atoms with Crippen LogP contribution in [0.2, 0.25) is 0 Å². The van der Waals surface area contributed by atoms with Crippen LogP contribution < -0.4 is 0 Å². The molecule has 0 radical (unpaired) electrons. The van der Waals surface area contributed by atoms with Gasteiger partial charge in [0.1, 0.15) is 6.04 Å². The molecule has 0 bridgehead atoms. The van der Waals surface area contributed by atoms with Crippen molar-refractivity contribution in [1.29, 1.82) is 0 Å². The Morgan fingerprint density at radius 1 is 1.08 bits per heavy atom. The first-order valence-corrected chi connectivity index (χ1v) is 14.1. The number of hydrogen-bond acceptors (Lipinski definition) is 6. The van der Waals surface area contributed by atoms with E-state index in [1.54, 1.807) is 17.2 Å². The van der Waals surface area contributed by atoms with E-state index in [1.165, 1.54) is 11.1 Å². The predicted molar refractivity (Wildman–Crippen MR) is 145 cm³/mol. The van der Waals surface area contributed by atoms with E-state index >= 15 is 0 Å². The summed E-state index contributed by atoms with van der Waals surface area (Å²) in [5, 5.41) is 1.35. The van der Waals surface area contributed by atoms with E-state index < -0.39 is 18.3 Å². The molecule has 1 unspecified atom stereocenters. The van der Waals surface area contributed by atoms with E-state index in [-0.39, 0.29) is 42.1 Å². The smallest absolute Gasteiger partial charge is 0.272 e. The zero-order valence-electron chi connectivity index (χ0n) is 23.5. The second-order valence-electron chi connectivity index (χ2n) is 11.7. The maximum atomic E-state index is 14.0. The highest BCUT2D eigenvalue weighted by Gasteiger charge is 2.53. The monoisotopic (exact) mass is 525 g/mol. The van der Waals surface area contributed by atoms with Gasteiger partial charge in [0.05, 0.1) is 12.2 Å². The fourth-order valence-corrected chi connectivity index (χ4v) is 5.78. The normalized spacial score (nSPS) is 27.4. The molecule has 4 atom stereocenters. The van der Waals surface area contributed by atoms with Gasteiger partial charge >= 0.3 is 0 Å². The summed E-state index contributed by atoms with van der Waals surface area (Å²) >= 11 is 0. The van der Waals surface area contributed by atoms with Gasteiger partial charge in [0.2, 0.25) is 5.91 Å². The van der Waals surface area contributed by atoms with Gasteiger partial charge in [0, 0.05) is 18.3 Å². The molecular formula is C29H43N5O4. The Morgan fingerprint density at radius 3 is 2.53 bits per heavy atom. The van der Waals surface area contributed by atoms with Crippen molar-refractivity contribution in [1.82, 2.24) is 24.7 Å². The lowest BCUT2D eigenvalue weighted by Crippen LogP contribution is -2.74. The lowest BCUT2D eigenvalue weighted by atomic mass is 9.93. The van der Waals surface area contributed by atoms with Crippen molar-refractivity contribution in [3.8, 4) is 0 Å². The summed E-state index contributed by atoms with van der Waals surface area (Å²) in [4.78, 5) is 57.8. The molecule has 3 saturated heterocycles. The summed E-state index contributed by atoms with van der Waals surface area (Å²) in [6.07, 6.45) is 7.11. The molecule has 9 nitrogen and oxygen atoms in total. The molecule has 4 heterocycles. The summed E-state index contributed by atoms with van der Waals surface area (Å²) in [5.41, 5.74) is 0.658. The average Bonchev–Trinajstić information content (AvgIpc) is 3.10. The minimum Gasteiger partial charge on any atom is -0.334 e.